The van der Waals surface area contributed by atoms with Crippen molar-refractivity contribution < 1.29 is 13.6 Å². The molecule has 0 aromatic heterocycles. The van der Waals surface area contributed by atoms with E-state index in [1.165, 1.54) is 6.07 Å². The van der Waals surface area contributed by atoms with Crippen molar-refractivity contribution in [1.29, 1.82) is 0 Å². The van der Waals surface area contributed by atoms with E-state index in [1.54, 1.807) is 22.6 Å². The molecule has 1 fully saturated rings. The van der Waals surface area contributed by atoms with Gasteiger partial charge < -0.3 is 10.6 Å². The lowest BCUT2D eigenvalue weighted by molar-refractivity contribution is 0.0936. The molecule has 0 bridgehead atoms. The minimum atomic E-state index is -0.827. The second kappa shape index (κ2) is 6.63. The third-order valence-electron chi connectivity index (χ3n) is 2.65. The van der Waals surface area contributed by atoms with Gasteiger partial charge in [-0.1, -0.05) is 0 Å². The molecule has 1 aliphatic heterocycles. The van der Waals surface area contributed by atoms with Gasteiger partial charge in [-0.15, -0.1) is 12.4 Å². The van der Waals surface area contributed by atoms with Crippen molar-refractivity contribution in [2.45, 2.75) is 12.5 Å². The van der Waals surface area contributed by atoms with Crippen LogP contribution in [0.15, 0.2) is 12.1 Å². The van der Waals surface area contributed by atoms with E-state index in [2.05, 4.69) is 10.6 Å². The monoisotopic (exact) mass is 388 g/mol. The number of amides is 1. The molecule has 1 aromatic rings. The molecule has 1 amide bonds. The third-order valence-corrected chi connectivity index (χ3v) is 3.48. The lowest BCUT2D eigenvalue weighted by Crippen LogP contribution is -2.36. The minimum Gasteiger partial charge on any atom is -0.348 e. The van der Waals surface area contributed by atoms with Crippen LogP contribution in [0.2, 0.25) is 0 Å². The number of hydrogen-bond acceptors (Lipinski definition) is 2. The van der Waals surface area contributed by atoms with E-state index in [1.807, 2.05) is 0 Å². The van der Waals surface area contributed by atoms with Crippen LogP contribution in [0.1, 0.15) is 16.8 Å². The van der Waals surface area contributed by atoms with Gasteiger partial charge in [0, 0.05) is 22.2 Å². The first kappa shape index (κ1) is 15.6. The largest absolute Gasteiger partial charge is 0.348 e. The van der Waals surface area contributed by atoms with Crippen molar-refractivity contribution in [3.63, 3.8) is 0 Å². The van der Waals surface area contributed by atoms with E-state index in [0.717, 1.165) is 19.0 Å². The smallest absolute Gasteiger partial charge is 0.254 e. The Kier molecular flexibility index (Phi) is 5.74. The SMILES string of the molecule is Cl.O=C(NC1CCNC1)c1cc(I)c(F)cc1F. The van der Waals surface area contributed by atoms with E-state index in [4.69, 9.17) is 0 Å². The van der Waals surface area contributed by atoms with Crippen molar-refractivity contribution in [3.8, 4) is 0 Å². The first-order valence-corrected chi connectivity index (χ1v) is 6.32. The number of rotatable bonds is 2. The number of carbonyl (C=O) groups is 1. The summed E-state index contributed by atoms with van der Waals surface area (Å²) >= 11 is 1.73. The number of halogens is 4. The van der Waals surface area contributed by atoms with Gasteiger partial charge in [0.1, 0.15) is 11.6 Å². The van der Waals surface area contributed by atoms with Crippen molar-refractivity contribution in [3.05, 3.63) is 32.9 Å². The van der Waals surface area contributed by atoms with Crippen LogP contribution in [0.5, 0.6) is 0 Å². The number of nitrogens with one attached hydrogen (secondary N) is 2. The zero-order chi connectivity index (χ0) is 12.4. The van der Waals surface area contributed by atoms with Gasteiger partial charge in [-0.3, -0.25) is 4.79 Å². The molecule has 1 unspecified atom stereocenters. The molecule has 0 spiro atoms. The Hall–Kier alpha value is -0.470. The van der Waals surface area contributed by atoms with Crippen molar-refractivity contribution in [1.82, 2.24) is 10.6 Å². The zero-order valence-corrected chi connectivity index (χ0v) is 12.3. The predicted octanol–water partition coefficient (Wildman–Crippen LogP) is 2.08. The van der Waals surface area contributed by atoms with E-state index in [-0.39, 0.29) is 27.6 Å². The molecule has 1 aliphatic rings. The standard InChI is InChI=1S/C11H11F2IN2O.ClH/c12-8-4-9(13)10(14)3-7(8)11(17)16-6-1-2-15-5-6;/h3-4,6,15H,1-2,5H2,(H,16,17);1H. The van der Waals surface area contributed by atoms with Crippen LogP contribution in [-0.4, -0.2) is 25.0 Å². The van der Waals surface area contributed by atoms with Gasteiger partial charge >= 0.3 is 0 Å². The van der Waals surface area contributed by atoms with Crippen LogP contribution in [0, 0.1) is 15.2 Å². The van der Waals surface area contributed by atoms with E-state index < -0.39 is 17.5 Å². The van der Waals surface area contributed by atoms with Gasteiger partial charge in [-0.2, -0.15) is 0 Å². The van der Waals surface area contributed by atoms with E-state index in [0.29, 0.717) is 6.54 Å². The highest BCUT2D eigenvalue weighted by Gasteiger charge is 2.20. The third kappa shape index (κ3) is 3.52. The maximum atomic E-state index is 13.4. The highest BCUT2D eigenvalue weighted by molar-refractivity contribution is 14.1. The van der Waals surface area contributed by atoms with Crippen LogP contribution >= 0.6 is 35.0 Å². The maximum Gasteiger partial charge on any atom is 0.254 e. The average Bonchev–Trinajstić information content (AvgIpc) is 2.76. The molecule has 100 valence electrons. The molecule has 18 heavy (non-hydrogen) atoms. The van der Waals surface area contributed by atoms with Crippen LogP contribution in [0.3, 0.4) is 0 Å². The summed E-state index contributed by atoms with van der Waals surface area (Å²) in [6, 6.07) is 1.98. The quantitative estimate of drug-likeness (QED) is 0.602. The molecule has 2 rings (SSSR count). The van der Waals surface area contributed by atoms with E-state index >= 15 is 0 Å². The number of carbonyl (C=O) groups excluding carboxylic acids is 1. The second-order valence-corrected chi connectivity index (χ2v) is 5.07. The van der Waals surface area contributed by atoms with Crippen molar-refractivity contribution in [2.24, 2.45) is 0 Å². The van der Waals surface area contributed by atoms with Crippen LogP contribution < -0.4 is 10.6 Å². The molecule has 2 N–H and O–H groups in total. The maximum absolute atomic E-state index is 13.4. The number of benzene rings is 1. The summed E-state index contributed by atoms with van der Waals surface area (Å²) in [7, 11) is 0. The number of hydrogen-bond donors (Lipinski definition) is 2. The predicted molar refractivity (Wildman–Crippen MR) is 75.1 cm³/mol. The first-order valence-electron chi connectivity index (χ1n) is 5.24. The Balaban J connectivity index is 0.00000162. The normalized spacial score (nSPS) is 18.3. The molecule has 0 saturated carbocycles. The topological polar surface area (TPSA) is 41.1 Å². The molecule has 1 aromatic carbocycles. The molecule has 1 saturated heterocycles. The Labute approximate surface area is 123 Å². The van der Waals surface area contributed by atoms with Gasteiger partial charge in [0.05, 0.1) is 5.56 Å². The summed E-state index contributed by atoms with van der Waals surface area (Å²) in [6.45, 7) is 1.53. The molecule has 3 nitrogen and oxygen atoms in total. The molecular formula is C11H12ClF2IN2O. The highest BCUT2D eigenvalue weighted by atomic mass is 127. The molecule has 0 aliphatic carbocycles. The fourth-order valence-electron chi connectivity index (χ4n) is 1.74. The lowest BCUT2D eigenvalue weighted by Gasteiger charge is -2.12. The fraction of sp³-hybridized carbons (Fsp3) is 0.364. The van der Waals surface area contributed by atoms with Gasteiger partial charge in [-0.05, 0) is 41.6 Å². The molecular weight excluding hydrogens is 376 g/mol. The second-order valence-electron chi connectivity index (χ2n) is 3.91. The Morgan fingerprint density at radius 1 is 1.39 bits per heavy atom. The van der Waals surface area contributed by atoms with Gasteiger partial charge in [0.25, 0.3) is 5.91 Å². The van der Waals surface area contributed by atoms with Gasteiger partial charge in [0.15, 0.2) is 0 Å². The van der Waals surface area contributed by atoms with Gasteiger partial charge in [-0.25, -0.2) is 8.78 Å². The van der Waals surface area contributed by atoms with Gasteiger partial charge in [0.2, 0.25) is 0 Å². The summed E-state index contributed by atoms with van der Waals surface area (Å²) in [5.41, 5.74) is -0.109. The molecule has 0 radical (unpaired) electrons. The molecule has 1 atom stereocenters. The van der Waals surface area contributed by atoms with Crippen LogP contribution in [0.4, 0.5) is 8.78 Å². The van der Waals surface area contributed by atoms with Crippen LogP contribution in [-0.2, 0) is 0 Å². The Morgan fingerprint density at radius 3 is 2.72 bits per heavy atom. The first-order chi connectivity index (χ1) is 8.08. The Morgan fingerprint density at radius 2 is 2.11 bits per heavy atom. The lowest BCUT2D eigenvalue weighted by atomic mass is 10.1. The highest BCUT2D eigenvalue weighted by Crippen LogP contribution is 2.17. The molecule has 7 heteroatoms. The zero-order valence-electron chi connectivity index (χ0n) is 9.30. The summed E-state index contributed by atoms with van der Waals surface area (Å²) < 4.78 is 26.7. The molecule has 1 heterocycles. The van der Waals surface area contributed by atoms with Crippen molar-refractivity contribution in [2.75, 3.05) is 13.1 Å². The van der Waals surface area contributed by atoms with E-state index in [9.17, 15) is 13.6 Å². The van der Waals surface area contributed by atoms with Crippen molar-refractivity contribution >= 4 is 40.9 Å². The summed E-state index contributed by atoms with van der Waals surface area (Å²) in [5.74, 6) is -1.97. The summed E-state index contributed by atoms with van der Waals surface area (Å²) in [5, 5.41) is 5.81. The summed E-state index contributed by atoms with van der Waals surface area (Å²) in [6.07, 6.45) is 0.825. The Bertz CT molecular complexity index is 453. The average molecular weight is 389 g/mol. The minimum absolute atomic E-state index is 0. The summed E-state index contributed by atoms with van der Waals surface area (Å²) in [4.78, 5) is 11.8. The van der Waals surface area contributed by atoms with Crippen LogP contribution in [0.25, 0.3) is 0 Å². The fourth-order valence-corrected chi connectivity index (χ4v) is 2.20.